The Morgan fingerprint density at radius 2 is 1.88 bits per heavy atom. The fraction of sp³-hybridized carbons (Fsp3) is 0.440. The first-order valence-electron chi connectivity index (χ1n) is 11.3. The van der Waals surface area contributed by atoms with Crippen LogP contribution in [-0.2, 0) is 9.59 Å². The van der Waals surface area contributed by atoms with Gasteiger partial charge in [-0.15, -0.1) is 0 Å². The summed E-state index contributed by atoms with van der Waals surface area (Å²) in [4.78, 5) is 27.9. The van der Waals surface area contributed by atoms with Crippen LogP contribution in [0.1, 0.15) is 50.6 Å². The Kier molecular flexibility index (Phi) is 6.74. The Balaban J connectivity index is 1.53. The molecule has 4 rings (SSSR count). The van der Waals surface area contributed by atoms with E-state index in [9.17, 15) is 14.0 Å². The summed E-state index contributed by atoms with van der Waals surface area (Å²) in [6.45, 7) is 1.78. The van der Waals surface area contributed by atoms with E-state index in [1.54, 1.807) is 26.1 Å². The first-order valence-corrected chi connectivity index (χ1v) is 11.3. The topological polar surface area (TPSA) is 70.7 Å². The molecule has 0 bridgehead atoms. The van der Waals surface area contributed by atoms with Crippen LogP contribution >= 0.6 is 0 Å². The van der Waals surface area contributed by atoms with Crippen molar-refractivity contribution in [3.63, 3.8) is 0 Å². The minimum absolute atomic E-state index is 0.00323. The molecule has 2 heterocycles. The van der Waals surface area contributed by atoms with E-state index in [-0.39, 0.29) is 35.8 Å². The summed E-state index contributed by atoms with van der Waals surface area (Å²) in [6.07, 6.45) is 4.35. The summed E-state index contributed by atoms with van der Waals surface area (Å²) in [7, 11) is 1.73. The number of carbonyl (C=O) groups excluding carboxylic acids is 2. The van der Waals surface area contributed by atoms with E-state index in [0.29, 0.717) is 17.9 Å². The minimum atomic E-state index is -0.498. The molecule has 7 heteroatoms. The number of hydrogen-bond donors (Lipinski definition) is 2. The van der Waals surface area contributed by atoms with Gasteiger partial charge in [0.15, 0.2) is 0 Å². The van der Waals surface area contributed by atoms with Gasteiger partial charge in [-0.2, -0.15) is 0 Å². The average Bonchev–Trinajstić information content (AvgIpc) is 3.16. The van der Waals surface area contributed by atoms with Crippen LogP contribution in [0.4, 0.5) is 4.39 Å². The summed E-state index contributed by atoms with van der Waals surface area (Å²) in [5, 5.41) is 5.87. The highest BCUT2D eigenvalue weighted by Crippen LogP contribution is 2.41. The van der Waals surface area contributed by atoms with E-state index in [4.69, 9.17) is 4.74 Å². The fourth-order valence-corrected chi connectivity index (χ4v) is 4.67. The number of carbonyl (C=O) groups is 2. The molecule has 0 saturated carbocycles. The lowest BCUT2D eigenvalue weighted by Crippen LogP contribution is -2.52. The third kappa shape index (κ3) is 4.78. The van der Waals surface area contributed by atoms with Gasteiger partial charge in [-0.3, -0.25) is 9.59 Å². The van der Waals surface area contributed by atoms with Crippen LogP contribution < -0.4 is 15.4 Å². The van der Waals surface area contributed by atoms with Crippen molar-refractivity contribution in [2.75, 3.05) is 7.05 Å². The van der Waals surface area contributed by atoms with Gasteiger partial charge in [-0.25, -0.2) is 4.39 Å². The molecule has 2 saturated heterocycles. The third-order valence-electron chi connectivity index (χ3n) is 6.52. The van der Waals surface area contributed by atoms with Crippen LogP contribution in [0, 0.1) is 5.82 Å². The van der Waals surface area contributed by atoms with Gasteiger partial charge >= 0.3 is 0 Å². The van der Waals surface area contributed by atoms with Crippen molar-refractivity contribution >= 4 is 11.8 Å². The minimum Gasteiger partial charge on any atom is -0.457 e. The van der Waals surface area contributed by atoms with Crippen LogP contribution in [0.3, 0.4) is 0 Å². The van der Waals surface area contributed by atoms with Crippen LogP contribution in [0.25, 0.3) is 0 Å². The van der Waals surface area contributed by atoms with Gasteiger partial charge in [-0.05, 0) is 88.0 Å². The molecule has 0 spiro atoms. The second kappa shape index (κ2) is 9.69. The summed E-state index contributed by atoms with van der Waals surface area (Å²) in [6, 6.07) is 12.9. The molecule has 0 aromatic heterocycles. The highest BCUT2D eigenvalue weighted by atomic mass is 19.1. The molecule has 2 aliphatic heterocycles. The molecule has 0 radical (unpaired) electrons. The number of nitrogens with one attached hydrogen (secondary N) is 2. The maximum Gasteiger partial charge on any atom is 0.245 e. The number of nitrogens with zero attached hydrogens (tertiary/aromatic N) is 1. The van der Waals surface area contributed by atoms with Crippen LogP contribution in [0.15, 0.2) is 48.5 Å². The molecular formula is C25H30FN3O3. The molecule has 0 aliphatic carbocycles. The lowest BCUT2D eigenvalue weighted by Gasteiger charge is -2.32. The highest BCUT2D eigenvalue weighted by molar-refractivity contribution is 5.90. The Morgan fingerprint density at radius 1 is 1.09 bits per heavy atom. The van der Waals surface area contributed by atoms with E-state index in [0.717, 1.165) is 31.2 Å². The average molecular weight is 440 g/mol. The van der Waals surface area contributed by atoms with Crippen molar-refractivity contribution in [2.45, 2.75) is 63.2 Å². The molecule has 4 atom stereocenters. The number of halogens is 1. The van der Waals surface area contributed by atoms with Gasteiger partial charge in [-0.1, -0.05) is 12.1 Å². The van der Waals surface area contributed by atoms with Gasteiger partial charge in [0.25, 0.3) is 0 Å². The van der Waals surface area contributed by atoms with Crippen molar-refractivity contribution in [1.82, 2.24) is 15.5 Å². The maximum absolute atomic E-state index is 13.5. The fourth-order valence-electron chi connectivity index (χ4n) is 4.67. The summed E-state index contributed by atoms with van der Waals surface area (Å²) in [5.74, 6) is 0.729. The number of ether oxygens (including phenoxy) is 1. The van der Waals surface area contributed by atoms with Crippen molar-refractivity contribution in [2.24, 2.45) is 0 Å². The summed E-state index contributed by atoms with van der Waals surface area (Å²) in [5.41, 5.74) is 1.01. The molecule has 2 aromatic rings. The lowest BCUT2D eigenvalue weighted by atomic mass is 10.0. The molecule has 6 nitrogen and oxygen atoms in total. The molecule has 2 fully saturated rings. The van der Waals surface area contributed by atoms with E-state index >= 15 is 0 Å². The molecule has 1 unspecified atom stereocenters. The number of hydrogen-bond acceptors (Lipinski definition) is 4. The SMILES string of the molecule is CNC(C)C(=O)N[C@H]1CCC[C@H]2CC[C@@H](c3cccc(Oc4ccc(F)cc4)c3)N2C1=O. The first kappa shape index (κ1) is 22.3. The van der Waals surface area contributed by atoms with Crippen molar-refractivity contribution < 1.29 is 18.7 Å². The summed E-state index contributed by atoms with van der Waals surface area (Å²) < 4.78 is 19.1. The quantitative estimate of drug-likeness (QED) is 0.716. The Morgan fingerprint density at radius 3 is 2.62 bits per heavy atom. The normalized spacial score (nSPS) is 23.9. The monoisotopic (exact) mass is 439 g/mol. The number of benzene rings is 2. The van der Waals surface area contributed by atoms with Crippen LogP contribution in [-0.4, -0.2) is 41.9 Å². The van der Waals surface area contributed by atoms with Gasteiger partial charge in [0.1, 0.15) is 23.4 Å². The zero-order valence-corrected chi connectivity index (χ0v) is 18.5. The van der Waals surface area contributed by atoms with Crippen molar-refractivity contribution in [1.29, 1.82) is 0 Å². The largest absolute Gasteiger partial charge is 0.457 e. The lowest BCUT2D eigenvalue weighted by molar-refractivity contribution is -0.138. The number of likely N-dealkylation sites (N-methyl/N-ethyl adjacent to an activating group) is 1. The first-order chi connectivity index (χ1) is 15.5. The van der Waals surface area contributed by atoms with Crippen molar-refractivity contribution in [3.05, 3.63) is 59.9 Å². The van der Waals surface area contributed by atoms with E-state index in [1.165, 1.54) is 12.1 Å². The number of rotatable bonds is 6. The Bertz CT molecular complexity index is 965. The Labute approximate surface area is 188 Å². The zero-order valence-electron chi connectivity index (χ0n) is 18.5. The Hall–Kier alpha value is -2.93. The molecular weight excluding hydrogens is 409 g/mol. The van der Waals surface area contributed by atoms with Gasteiger partial charge in [0, 0.05) is 6.04 Å². The molecule has 2 aromatic carbocycles. The molecule has 32 heavy (non-hydrogen) atoms. The van der Waals surface area contributed by atoms with Gasteiger partial charge < -0.3 is 20.3 Å². The van der Waals surface area contributed by atoms with Gasteiger partial charge in [0.2, 0.25) is 11.8 Å². The zero-order chi connectivity index (χ0) is 22.7. The van der Waals surface area contributed by atoms with Crippen molar-refractivity contribution in [3.8, 4) is 11.5 Å². The maximum atomic E-state index is 13.5. The van der Waals surface area contributed by atoms with Crippen LogP contribution in [0.5, 0.6) is 11.5 Å². The van der Waals surface area contributed by atoms with E-state index in [1.807, 2.05) is 29.2 Å². The third-order valence-corrected chi connectivity index (χ3v) is 6.52. The number of amides is 2. The van der Waals surface area contributed by atoms with E-state index in [2.05, 4.69) is 10.6 Å². The standard InChI is InChI=1S/C25H30FN3O3/c1-16(27-2)24(30)28-22-8-4-6-19-11-14-23(29(19)25(22)31)17-5-3-7-21(15-17)32-20-12-9-18(26)10-13-20/h3,5,7,9-10,12-13,15-16,19,22-23,27H,4,6,8,11,14H2,1-2H3,(H,28,30)/t16?,19-,22-,23-/m0/s1. The second-order valence-electron chi connectivity index (χ2n) is 8.62. The van der Waals surface area contributed by atoms with Crippen LogP contribution in [0.2, 0.25) is 0 Å². The smallest absolute Gasteiger partial charge is 0.245 e. The van der Waals surface area contributed by atoms with E-state index < -0.39 is 6.04 Å². The highest BCUT2D eigenvalue weighted by Gasteiger charge is 2.42. The van der Waals surface area contributed by atoms with Gasteiger partial charge in [0.05, 0.1) is 12.1 Å². The number of fused-ring (bicyclic) bond motifs is 1. The molecule has 170 valence electrons. The second-order valence-corrected chi connectivity index (χ2v) is 8.62. The predicted octanol–water partition coefficient (Wildman–Crippen LogP) is 3.93. The molecule has 2 N–H and O–H groups in total. The summed E-state index contributed by atoms with van der Waals surface area (Å²) >= 11 is 0. The predicted molar refractivity (Wildman–Crippen MR) is 120 cm³/mol. The molecule has 2 amide bonds. The molecule has 2 aliphatic rings.